The van der Waals surface area contributed by atoms with E-state index in [9.17, 15) is 23.5 Å². The molecule has 1 aromatic carbocycles. The summed E-state index contributed by atoms with van der Waals surface area (Å²) in [5.74, 6) is 0.595. The van der Waals surface area contributed by atoms with Gasteiger partial charge in [-0.25, -0.2) is 19.3 Å². The predicted molar refractivity (Wildman–Crippen MR) is 108 cm³/mol. The van der Waals surface area contributed by atoms with E-state index in [2.05, 4.69) is 30.5 Å². The number of aliphatic hydroxyl groups is 1. The van der Waals surface area contributed by atoms with Crippen LogP contribution in [0.2, 0.25) is 0 Å². The van der Waals surface area contributed by atoms with Crippen molar-refractivity contribution in [2.45, 2.75) is 25.0 Å². The summed E-state index contributed by atoms with van der Waals surface area (Å²) >= 11 is 0. The molecule has 0 bridgehead atoms. The molecule has 0 radical (unpaired) electrons. The van der Waals surface area contributed by atoms with Crippen molar-refractivity contribution in [3.05, 3.63) is 48.6 Å². The molecule has 0 saturated carbocycles. The Morgan fingerprint density at radius 1 is 1.23 bits per heavy atom. The first-order valence-corrected chi connectivity index (χ1v) is 9.20. The molecule has 31 heavy (non-hydrogen) atoms. The standard InChI is InChI=1S/C18H22F2N4O5.C2H4/c1-18(27,17(19)20)14(16(26)23-28)22-15(25)13-4-2-12(3-5-13)6-7-21-24-8-10-29-11-9-24;1-2/h2-5,14,17,21,27-28H,8-11H2,1H3,(H,22,25)(H,23,26);1-2H2. The molecule has 0 aromatic heterocycles. The lowest BCUT2D eigenvalue weighted by Gasteiger charge is -2.30. The van der Waals surface area contributed by atoms with Gasteiger partial charge in [0.05, 0.1) is 13.2 Å². The van der Waals surface area contributed by atoms with Gasteiger partial charge in [0, 0.05) is 30.3 Å². The van der Waals surface area contributed by atoms with E-state index in [0.717, 1.165) is 5.48 Å². The first-order valence-electron chi connectivity index (χ1n) is 9.20. The first kappa shape index (κ1) is 26.0. The van der Waals surface area contributed by atoms with Crippen molar-refractivity contribution in [3.63, 3.8) is 0 Å². The summed E-state index contributed by atoms with van der Waals surface area (Å²) in [5.41, 5.74) is 1.84. The second kappa shape index (κ2) is 12.6. The van der Waals surface area contributed by atoms with Crippen LogP contribution in [0.1, 0.15) is 22.8 Å². The Bertz CT molecular complexity index is 787. The van der Waals surface area contributed by atoms with Gasteiger partial charge in [-0.1, -0.05) is 0 Å². The van der Waals surface area contributed by atoms with E-state index in [0.29, 0.717) is 38.8 Å². The van der Waals surface area contributed by atoms with Crippen molar-refractivity contribution in [2.75, 3.05) is 26.3 Å². The summed E-state index contributed by atoms with van der Waals surface area (Å²) in [6.07, 6.45) is -3.35. The van der Waals surface area contributed by atoms with Crippen molar-refractivity contribution in [1.82, 2.24) is 21.2 Å². The lowest BCUT2D eigenvalue weighted by atomic mass is 9.95. The SMILES string of the molecule is C=C.CC(O)(C(F)F)C(NC(=O)c1ccc(C#CNN2CCOCC2)cc1)C(=O)NO. The van der Waals surface area contributed by atoms with Crippen LogP contribution < -0.4 is 16.2 Å². The summed E-state index contributed by atoms with van der Waals surface area (Å²) in [5, 5.41) is 22.4. The van der Waals surface area contributed by atoms with E-state index in [1.165, 1.54) is 24.3 Å². The van der Waals surface area contributed by atoms with Crippen LogP contribution in [-0.4, -0.2) is 71.5 Å². The second-order valence-corrected chi connectivity index (χ2v) is 6.45. The minimum Gasteiger partial charge on any atom is -0.381 e. The summed E-state index contributed by atoms with van der Waals surface area (Å²) < 4.78 is 31.3. The minimum atomic E-state index is -3.35. The van der Waals surface area contributed by atoms with Crippen LogP contribution in [-0.2, 0) is 9.53 Å². The van der Waals surface area contributed by atoms with Gasteiger partial charge >= 0.3 is 0 Å². The van der Waals surface area contributed by atoms with Crippen LogP contribution in [0, 0.1) is 12.0 Å². The number of carbonyl (C=O) groups excluding carboxylic acids is 2. The fourth-order valence-corrected chi connectivity index (χ4v) is 2.44. The number of hydrazine groups is 1. The Balaban J connectivity index is 0.00000233. The number of rotatable bonds is 6. The number of hydrogen-bond donors (Lipinski definition) is 5. The lowest BCUT2D eigenvalue weighted by molar-refractivity contribution is -0.149. The molecule has 1 heterocycles. The van der Waals surface area contributed by atoms with Gasteiger partial charge in [-0.15, -0.1) is 13.2 Å². The maximum Gasteiger partial charge on any atom is 0.269 e. The van der Waals surface area contributed by atoms with Gasteiger partial charge in [0.2, 0.25) is 0 Å². The Labute approximate surface area is 179 Å². The van der Waals surface area contributed by atoms with Gasteiger partial charge in [-0.2, -0.15) is 0 Å². The summed E-state index contributed by atoms with van der Waals surface area (Å²) in [6, 6.07) is 6.56. The predicted octanol–water partition coefficient (Wildman–Crippen LogP) is 0.255. The quantitative estimate of drug-likeness (QED) is 0.141. The zero-order valence-electron chi connectivity index (χ0n) is 17.0. The molecule has 2 atom stereocenters. The van der Waals surface area contributed by atoms with E-state index in [1.54, 1.807) is 0 Å². The van der Waals surface area contributed by atoms with Gasteiger partial charge < -0.3 is 15.2 Å². The monoisotopic (exact) mass is 440 g/mol. The molecule has 1 fully saturated rings. The van der Waals surface area contributed by atoms with Gasteiger partial charge in [0.1, 0.15) is 6.04 Å². The fourth-order valence-electron chi connectivity index (χ4n) is 2.44. The maximum atomic E-state index is 13.0. The number of halogens is 2. The van der Waals surface area contributed by atoms with Crippen LogP contribution in [0.15, 0.2) is 37.4 Å². The van der Waals surface area contributed by atoms with Gasteiger partial charge in [0.15, 0.2) is 5.60 Å². The molecular formula is C20H26F2N4O5. The molecular weight excluding hydrogens is 414 g/mol. The minimum absolute atomic E-state index is 0.0532. The van der Waals surface area contributed by atoms with Crippen LogP contribution >= 0.6 is 0 Å². The highest BCUT2D eigenvalue weighted by molar-refractivity contribution is 5.97. The van der Waals surface area contributed by atoms with Crippen molar-refractivity contribution in [3.8, 4) is 12.0 Å². The van der Waals surface area contributed by atoms with Crippen molar-refractivity contribution >= 4 is 11.8 Å². The third-order valence-corrected chi connectivity index (χ3v) is 4.25. The number of nitrogens with one attached hydrogen (secondary N) is 3. The van der Waals surface area contributed by atoms with Crippen LogP contribution in [0.4, 0.5) is 8.78 Å². The number of nitrogens with zero attached hydrogens (tertiary/aromatic N) is 1. The van der Waals surface area contributed by atoms with Crippen molar-refractivity contribution in [2.24, 2.45) is 0 Å². The number of ether oxygens (including phenoxy) is 1. The number of benzene rings is 1. The molecule has 1 saturated heterocycles. The van der Waals surface area contributed by atoms with E-state index >= 15 is 0 Å². The second-order valence-electron chi connectivity index (χ2n) is 6.45. The van der Waals surface area contributed by atoms with Gasteiger partial charge in [-0.3, -0.25) is 20.2 Å². The smallest absolute Gasteiger partial charge is 0.269 e. The molecule has 0 aliphatic carbocycles. The molecule has 0 spiro atoms. The number of alkyl halides is 2. The van der Waals surface area contributed by atoms with Crippen molar-refractivity contribution < 1.29 is 33.4 Å². The Morgan fingerprint density at radius 2 is 1.81 bits per heavy atom. The van der Waals surface area contributed by atoms with E-state index in [-0.39, 0.29) is 5.56 Å². The summed E-state index contributed by atoms with van der Waals surface area (Å²) in [7, 11) is 0. The zero-order chi connectivity index (χ0) is 23.4. The molecule has 2 rings (SSSR count). The molecule has 1 aliphatic heterocycles. The highest BCUT2D eigenvalue weighted by Crippen LogP contribution is 2.20. The molecule has 1 aliphatic rings. The molecule has 170 valence electrons. The maximum absolute atomic E-state index is 13.0. The van der Waals surface area contributed by atoms with Crippen molar-refractivity contribution in [1.29, 1.82) is 0 Å². The van der Waals surface area contributed by atoms with Crippen LogP contribution in [0.5, 0.6) is 0 Å². The molecule has 2 amide bonds. The number of hydrogen-bond acceptors (Lipinski definition) is 7. The normalized spacial score (nSPS) is 16.5. The number of morpholine rings is 1. The highest BCUT2D eigenvalue weighted by Gasteiger charge is 2.46. The molecule has 2 unspecified atom stereocenters. The molecule has 5 N–H and O–H groups in total. The lowest BCUT2D eigenvalue weighted by Crippen LogP contribution is -2.61. The first-order chi connectivity index (χ1) is 14.8. The zero-order valence-corrected chi connectivity index (χ0v) is 17.0. The Hall–Kier alpha value is -3.04. The van der Waals surface area contributed by atoms with Gasteiger partial charge in [-0.05, 0) is 37.1 Å². The number of carbonyl (C=O) groups is 2. The molecule has 9 nitrogen and oxygen atoms in total. The summed E-state index contributed by atoms with van der Waals surface area (Å²) in [4.78, 5) is 23.9. The Kier molecular flexibility index (Phi) is 10.6. The number of amides is 2. The summed E-state index contributed by atoms with van der Waals surface area (Å²) in [6.45, 7) is 9.33. The third kappa shape index (κ3) is 7.62. The van der Waals surface area contributed by atoms with Crippen LogP contribution in [0.25, 0.3) is 0 Å². The average Bonchev–Trinajstić information content (AvgIpc) is 2.79. The largest absolute Gasteiger partial charge is 0.381 e. The van der Waals surface area contributed by atoms with E-state index in [1.807, 2.05) is 10.3 Å². The Morgan fingerprint density at radius 3 is 2.32 bits per heavy atom. The molecule has 1 aromatic rings. The number of hydroxylamine groups is 1. The van der Waals surface area contributed by atoms with E-state index in [4.69, 9.17) is 9.94 Å². The third-order valence-electron chi connectivity index (χ3n) is 4.25. The topological polar surface area (TPSA) is 123 Å². The van der Waals surface area contributed by atoms with Gasteiger partial charge in [0.25, 0.3) is 18.2 Å². The molecule has 11 heteroatoms. The van der Waals surface area contributed by atoms with Crippen LogP contribution in [0.3, 0.4) is 0 Å². The average molecular weight is 440 g/mol. The fraction of sp³-hybridized carbons (Fsp3) is 0.400. The van der Waals surface area contributed by atoms with E-state index < -0.39 is 29.9 Å². The highest BCUT2D eigenvalue weighted by atomic mass is 19.3.